The molecule has 0 aliphatic heterocycles. The molecule has 0 aliphatic rings. The molecule has 0 nitrogen and oxygen atoms in total. The summed E-state index contributed by atoms with van der Waals surface area (Å²) in [5.74, 6) is 0.330. The lowest BCUT2D eigenvalue weighted by molar-refractivity contribution is 0.446. The van der Waals surface area contributed by atoms with E-state index in [4.69, 9.17) is 0 Å². The van der Waals surface area contributed by atoms with Crippen molar-refractivity contribution in [1.82, 2.24) is 0 Å². The van der Waals surface area contributed by atoms with E-state index in [-0.39, 0.29) is 11.1 Å². The Morgan fingerprint density at radius 2 is 1.52 bits per heavy atom. The molecule has 0 heterocycles. The Bertz CT molecular complexity index is 987. The summed E-state index contributed by atoms with van der Waals surface area (Å²) in [5, 5.41) is 1.20. The molecule has 126 valence electrons. The molecule has 0 bridgehead atoms. The van der Waals surface area contributed by atoms with E-state index < -0.39 is 23.3 Å². The summed E-state index contributed by atoms with van der Waals surface area (Å²) >= 11 is 0. The molecule has 0 radical (unpaired) electrons. The van der Waals surface area contributed by atoms with Gasteiger partial charge < -0.3 is 0 Å². The summed E-state index contributed by atoms with van der Waals surface area (Å²) in [5.41, 5.74) is 1.18. The van der Waals surface area contributed by atoms with Gasteiger partial charge in [-0.05, 0) is 35.6 Å². The lowest BCUT2D eigenvalue weighted by atomic mass is 10.0. The number of hydrogen-bond acceptors (Lipinski definition) is 0. The Morgan fingerprint density at radius 1 is 0.800 bits per heavy atom. The zero-order valence-electron chi connectivity index (χ0n) is 13.5. The molecule has 0 fully saturated rings. The first-order chi connectivity index (χ1) is 12.0. The van der Waals surface area contributed by atoms with Crippen LogP contribution in [0.25, 0.3) is 10.8 Å². The van der Waals surface area contributed by atoms with Crippen LogP contribution in [0.3, 0.4) is 0 Å². The molecular formula is C21H14F4. The minimum atomic E-state index is -1.55. The maximum atomic E-state index is 14.6. The fraction of sp³-hybridized carbons (Fsp3) is 0.143. The Balaban J connectivity index is 2.00. The van der Waals surface area contributed by atoms with Gasteiger partial charge in [0.15, 0.2) is 17.5 Å². The van der Waals surface area contributed by atoms with E-state index in [1.165, 1.54) is 6.07 Å². The zero-order valence-corrected chi connectivity index (χ0v) is 13.5. The summed E-state index contributed by atoms with van der Waals surface area (Å²) in [7, 11) is 0. The lowest BCUT2D eigenvalue weighted by Crippen LogP contribution is -1.92. The average Bonchev–Trinajstić information content (AvgIpc) is 2.59. The SMILES string of the molecule is CCCc1ccc2c(F)c(C#Cc3cc(F)c(F)c(F)c3)ccc2c1. The molecule has 3 aromatic rings. The number of fused-ring (bicyclic) bond motifs is 1. The van der Waals surface area contributed by atoms with E-state index in [0.717, 1.165) is 35.9 Å². The van der Waals surface area contributed by atoms with Crippen molar-refractivity contribution in [2.24, 2.45) is 0 Å². The van der Waals surface area contributed by atoms with E-state index in [9.17, 15) is 17.6 Å². The van der Waals surface area contributed by atoms with Crippen LogP contribution in [0.1, 0.15) is 30.0 Å². The normalized spacial score (nSPS) is 10.6. The molecule has 4 heteroatoms. The van der Waals surface area contributed by atoms with Crippen molar-refractivity contribution in [2.75, 3.05) is 0 Å². The van der Waals surface area contributed by atoms with Gasteiger partial charge in [-0.3, -0.25) is 0 Å². The van der Waals surface area contributed by atoms with Crippen LogP contribution >= 0.6 is 0 Å². The Labute approximate surface area is 143 Å². The van der Waals surface area contributed by atoms with Gasteiger partial charge in [0.2, 0.25) is 0 Å². The molecule has 0 N–H and O–H groups in total. The second-order valence-electron chi connectivity index (χ2n) is 5.74. The molecule has 3 aromatic carbocycles. The van der Waals surface area contributed by atoms with E-state index in [2.05, 4.69) is 18.8 Å². The maximum Gasteiger partial charge on any atom is 0.194 e. The highest BCUT2D eigenvalue weighted by Crippen LogP contribution is 2.23. The second-order valence-corrected chi connectivity index (χ2v) is 5.74. The molecule has 25 heavy (non-hydrogen) atoms. The van der Waals surface area contributed by atoms with Crippen molar-refractivity contribution in [3.8, 4) is 11.8 Å². The van der Waals surface area contributed by atoms with Crippen LogP contribution in [0.15, 0.2) is 42.5 Å². The van der Waals surface area contributed by atoms with Crippen LogP contribution in [0, 0.1) is 35.1 Å². The molecule has 0 saturated heterocycles. The third-order valence-corrected chi connectivity index (χ3v) is 3.88. The molecule has 3 rings (SSSR count). The third kappa shape index (κ3) is 3.51. The topological polar surface area (TPSA) is 0 Å². The van der Waals surface area contributed by atoms with Gasteiger partial charge in [0.1, 0.15) is 5.82 Å². The quantitative estimate of drug-likeness (QED) is 0.316. The predicted molar refractivity (Wildman–Crippen MR) is 90.2 cm³/mol. The highest BCUT2D eigenvalue weighted by Gasteiger charge is 2.10. The smallest absolute Gasteiger partial charge is 0.194 e. The zero-order chi connectivity index (χ0) is 18.0. The second kappa shape index (κ2) is 6.98. The Hall–Kier alpha value is -2.80. The van der Waals surface area contributed by atoms with Gasteiger partial charge in [-0.1, -0.05) is 49.5 Å². The standard InChI is InChI=1S/C21H14F4/c1-2-3-13-5-9-17-16(10-13)8-7-15(20(17)24)6-4-14-11-18(22)21(25)19(23)12-14/h5,7-12H,2-3H2,1H3. The number of aryl methyl sites for hydroxylation is 1. The van der Waals surface area contributed by atoms with Gasteiger partial charge in [-0.25, -0.2) is 17.6 Å². The predicted octanol–water partition coefficient (Wildman–Crippen LogP) is 5.75. The van der Waals surface area contributed by atoms with Gasteiger partial charge in [-0.15, -0.1) is 0 Å². The number of halogens is 4. The number of hydrogen-bond donors (Lipinski definition) is 0. The first kappa shape index (κ1) is 17.0. The van der Waals surface area contributed by atoms with Crippen LogP contribution in [-0.4, -0.2) is 0 Å². The van der Waals surface area contributed by atoms with Gasteiger partial charge in [-0.2, -0.15) is 0 Å². The summed E-state index contributed by atoms with van der Waals surface area (Å²) in [6, 6.07) is 10.4. The van der Waals surface area contributed by atoms with Crippen LogP contribution in [0.5, 0.6) is 0 Å². The van der Waals surface area contributed by atoms with Crippen molar-refractivity contribution in [1.29, 1.82) is 0 Å². The Kier molecular flexibility index (Phi) is 4.76. The van der Waals surface area contributed by atoms with Crippen molar-refractivity contribution >= 4 is 10.8 Å². The fourth-order valence-corrected chi connectivity index (χ4v) is 2.65. The van der Waals surface area contributed by atoms with E-state index in [1.54, 1.807) is 12.1 Å². The summed E-state index contributed by atoms with van der Waals surface area (Å²) in [4.78, 5) is 0. The number of benzene rings is 3. The first-order valence-corrected chi connectivity index (χ1v) is 7.87. The van der Waals surface area contributed by atoms with Crippen LogP contribution in [-0.2, 0) is 6.42 Å². The molecule has 0 unspecified atom stereocenters. The van der Waals surface area contributed by atoms with E-state index >= 15 is 0 Å². The number of rotatable bonds is 2. The fourth-order valence-electron chi connectivity index (χ4n) is 2.65. The minimum absolute atomic E-state index is 0.0609. The van der Waals surface area contributed by atoms with Crippen LogP contribution in [0.2, 0.25) is 0 Å². The molecule has 0 aromatic heterocycles. The summed E-state index contributed by atoms with van der Waals surface area (Å²) in [6.45, 7) is 2.07. The van der Waals surface area contributed by atoms with Crippen LogP contribution in [0.4, 0.5) is 17.6 Å². The van der Waals surface area contributed by atoms with Crippen molar-refractivity contribution in [3.63, 3.8) is 0 Å². The molecule has 0 amide bonds. The van der Waals surface area contributed by atoms with Gasteiger partial charge in [0.05, 0.1) is 5.56 Å². The minimum Gasteiger partial charge on any atom is -0.205 e. The summed E-state index contributed by atoms with van der Waals surface area (Å²) in [6.07, 6.45) is 1.92. The Morgan fingerprint density at radius 3 is 2.20 bits per heavy atom. The van der Waals surface area contributed by atoms with Gasteiger partial charge in [0.25, 0.3) is 0 Å². The molecule has 0 spiro atoms. The average molecular weight is 342 g/mol. The largest absolute Gasteiger partial charge is 0.205 e. The van der Waals surface area contributed by atoms with Gasteiger partial charge >= 0.3 is 0 Å². The van der Waals surface area contributed by atoms with Crippen molar-refractivity contribution in [2.45, 2.75) is 19.8 Å². The highest BCUT2D eigenvalue weighted by molar-refractivity contribution is 5.85. The van der Waals surface area contributed by atoms with Crippen LogP contribution < -0.4 is 0 Å². The molecule has 0 saturated carbocycles. The summed E-state index contributed by atoms with van der Waals surface area (Å²) < 4.78 is 53.9. The van der Waals surface area contributed by atoms with Crippen molar-refractivity contribution < 1.29 is 17.6 Å². The van der Waals surface area contributed by atoms with Crippen molar-refractivity contribution in [3.05, 3.63) is 82.4 Å². The monoisotopic (exact) mass is 342 g/mol. The third-order valence-electron chi connectivity index (χ3n) is 3.88. The molecular weight excluding hydrogens is 328 g/mol. The van der Waals surface area contributed by atoms with Gasteiger partial charge in [0, 0.05) is 10.9 Å². The maximum absolute atomic E-state index is 14.6. The lowest BCUT2D eigenvalue weighted by Gasteiger charge is -2.05. The highest BCUT2D eigenvalue weighted by atomic mass is 19.2. The first-order valence-electron chi connectivity index (χ1n) is 7.87. The molecule has 0 atom stereocenters. The van der Waals surface area contributed by atoms with E-state index in [0.29, 0.717) is 5.39 Å². The molecule has 0 aliphatic carbocycles. The van der Waals surface area contributed by atoms with E-state index in [1.807, 2.05) is 12.1 Å².